The van der Waals surface area contributed by atoms with Crippen LogP contribution in [0.15, 0.2) is 30.6 Å². The molecule has 4 nitrogen and oxygen atoms in total. The topological polar surface area (TPSA) is 53.8 Å². The lowest BCUT2D eigenvalue weighted by molar-refractivity contribution is 0.343. The van der Waals surface area contributed by atoms with E-state index in [4.69, 9.17) is 5.11 Å². The summed E-state index contributed by atoms with van der Waals surface area (Å²) in [4.78, 5) is 7.28. The third kappa shape index (κ3) is 2.23. The molecule has 2 heterocycles. The Hall–Kier alpha value is -1.81. The Morgan fingerprint density at radius 1 is 1.50 bits per heavy atom. The van der Waals surface area contributed by atoms with Gasteiger partial charge >= 0.3 is 0 Å². The minimum absolute atomic E-state index is 0.0682. The molecule has 2 aromatic heterocycles. The van der Waals surface area contributed by atoms with E-state index in [-0.39, 0.29) is 6.61 Å². The lowest BCUT2D eigenvalue weighted by atomic mass is 10.3. The lowest BCUT2D eigenvalue weighted by Gasteiger charge is -2.03. The molecule has 2 aromatic rings. The van der Waals surface area contributed by atoms with Crippen molar-refractivity contribution in [2.45, 2.75) is 6.42 Å². The molecule has 4 heteroatoms. The van der Waals surface area contributed by atoms with Crippen LogP contribution in [0.3, 0.4) is 0 Å². The molecule has 0 spiro atoms. The fourth-order valence-corrected chi connectivity index (χ4v) is 1.66. The highest BCUT2D eigenvalue weighted by Crippen LogP contribution is 2.11. The molecule has 0 bridgehead atoms. The molecule has 0 saturated heterocycles. The highest BCUT2D eigenvalue weighted by molar-refractivity contribution is 5.47. The second kappa shape index (κ2) is 4.81. The number of aliphatic hydroxyl groups is 1. The van der Waals surface area contributed by atoms with Crippen molar-refractivity contribution in [3.8, 4) is 0 Å². The summed E-state index contributed by atoms with van der Waals surface area (Å²) in [7, 11) is 2.01. The summed E-state index contributed by atoms with van der Waals surface area (Å²) in [5.74, 6) is 0.957. The summed E-state index contributed by atoms with van der Waals surface area (Å²) in [5, 5.41) is 8.72. The number of hydrogen-bond acceptors (Lipinski definition) is 2. The summed E-state index contributed by atoms with van der Waals surface area (Å²) >= 11 is 0. The number of imidazole rings is 1. The van der Waals surface area contributed by atoms with Crippen molar-refractivity contribution in [2.24, 2.45) is 7.05 Å². The van der Waals surface area contributed by atoms with Crippen molar-refractivity contribution < 1.29 is 5.11 Å². The number of aliphatic hydroxyl groups excluding tert-OH is 1. The maximum atomic E-state index is 8.72. The molecule has 0 aliphatic carbocycles. The van der Waals surface area contributed by atoms with Crippen molar-refractivity contribution in [1.29, 1.82) is 0 Å². The van der Waals surface area contributed by atoms with Gasteiger partial charge in [0, 0.05) is 37.3 Å². The lowest BCUT2D eigenvalue weighted by Crippen LogP contribution is -2.00. The largest absolute Gasteiger partial charge is 0.392 e. The summed E-state index contributed by atoms with van der Waals surface area (Å²) in [6.07, 6.45) is 8.00. The maximum absolute atomic E-state index is 8.72. The highest BCUT2D eigenvalue weighted by Gasteiger charge is 2.04. The number of aromatic nitrogens is 3. The summed E-state index contributed by atoms with van der Waals surface area (Å²) in [5.41, 5.74) is 2.27. The number of nitrogens with zero attached hydrogens (tertiary/aromatic N) is 2. The van der Waals surface area contributed by atoms with Gasteiger partial charge in [0.15, 0.2) is 0 Å². The van der Waals surface area contributed by atoms with Crippen LogP contribution >= 0.6 is 0 Å². The van der Waals surface area contributed by atoms with Crippen LogP contribution in [0.25, 0.3) is 6.08 Å². The number of hydrogen-bond donors (Lipinski definition) is 2. The standard InChI is InChI=1S/C12H15N3O/c1-15-10(3-2-8-16)4-5-11(15)9-12-13-6-7-14-12/h2-7,16H,8-9H2,1H3,(H,13,14). The first-order valence-electron chi connectivity index (χ1n) is 5.21. The zero-order valence-electron chi connectivity index (χ0n) is 9.22. The first kappa shape index (κ1) is 10.7. The Morgan fingerprint density at radius 2 is 2.38 bits per heavy atom. The van der Waals surface area contributed by atoms with E-state index in [1.165, 1.54) is 5.69 Å². The third-order valence-electron chi connectivity index (χ3n) is 2.56. The quantitative estimate of drug-likeness (QED) is 0.812. The first-order valence-corrected chi connectivity index (χ1v) is 5.21. The predicted octanol–water partition coefficient (Wildman–Crippen LogP) is 1.34. The molecule has 0 aliphatic rings. The Bertz CT molecular complexity index is 468. The van der Waals surface area contributed by atoms with Crippen LogP contribution in [-0.4, -0.2) is 26.2 Å². The number of H-pyrrole nitrogens is 1. The van der Waals surface area contributed by atoms with Gasteiger partial charge in [-0.2, -0.15) is 0 Å². The average Bonchev–Trinajstić information content (AvgIpc) is 2.89. The summed E-state index contributed by atoms with van der Waals surface area (Å²) in [6, 6.07) is 4.10. The minimum atomic E-state index is 0.0682. The number of aromatic amines is 1. The molecule has 84 valence electrons. The third-order valence-corrected chi connectivity index (χ3v) is 2.56. The van der Waals surface area contributed by atoms with Crippen molar-refractivity contribution in [3.05, 3.63) is 47.8 Å². The van der Waals surface area contributed by atoms with Crippen LogP contribution in [0.5, 0.6) is 0 Å². The van der Waals surface area contributed by atoms with Crippen molar-refractivity contribution >= 4 is 6.08 Å². The van der Waals surface area contributed by atoms with Crippen LogP contribution in [0.2, 0.25) is 0 Å². The van der Waals surface area contributed by atoms with Gasteiger partial charge in [0.25, 0.3) is 0 Å². The second-order valence-corrected chi connectivity index (χ2v) is 3.61. The molecule has 16 heavy (non-hydrogen) atoms. The van der Waals surface area contributed by atoms with E-state index in [1.807, 2.05) is 25.4 Å². The molecule has 0 radical (unpaired) electrons. The highest BCUT2D eigenvalue weighted by atomic mass is 16.2. The fraction of sp³-hybridized carbons (Fsp3) is 0.250. The van der Waals surface area contributed by atoms with Crippen LogP contribution in [0.4, 0.5) is 0 Å². The van der Waals surface area contributed by atoms with Gasteiger partial charge in [0.05, 0.1) is 6.61 Å². The van der Waals surface area contributed by atoms with Crippen LogP contribution < -0.4 is 0 Å². The Labute approximate surface area is 94.3 Å². The average molecular weight is 217 g/mol. The van der Waals surface area contributed by atoms with Gasteiger partial charge in [-0.25, -0.2) is 4.98 Å². The predicted molar refractivity (Wildman–Crippen MR) is 62.9 cm³/mol. The van der Waals surface area contributed by atoms with Crippen LogP contribution in [0, 0.1) is 0 Å². The van der Waals surface area contributed by atoms with Crippen LogP contribution in [-0.2, 0) is 13.5 Å². The summed E-state index contributed by atoms with van der Waals surface area (Å²) < 4.78 is 2.09. The number of rotatable bonds is 4. The molecule has 0 saturated carbocycles. The van der Waals surface area contributed by atoms with E-state index in [0.717, 1.165) is 17.9 Å². The van der Waals surface area contributed by atoms with E-state index in [1.54, 1.807) is 12.3 Å². The Kier molecular flexibility index (Phi) is 3.22. The van der Waals surface area contributed by atoms with Gasteiger partial charge < -0.3 is 14.7 Å². The molecule has 0 unspecified atom stereocenters. The first-order chi connectivity index (χ1) is 7.81. The Balaban J connectivity index is 2.17. The monoisotopic (exact) mass is 217 g/mol. The molecule has 0 atom stereocenters. The molecule has 0 amide bonds. The van der Waals surface area contributed by atoms with E-state index >= 15 is 0 Å². The molecule has 0 fully saturated rings. The smallest absolute Gasteiger partial charge is 0.111 e. The van der Waals surface area contributed by atoms with Crippen molar-refractivity contribution in [2.75, 3.05) is 6.61 Å². The summed E-state index contributed by atoms with van der Waals surface area (Å²) in [6.45, 7) is 0.0682. The van der Waals surface area contributed by atoms with E-state index in [9.17, 15) is 0 Å². The second-order valence-electron chi connectivity index (χ2n) is 3.61. The van der Waals surface area contributed by atoms with E-state index < -0.39 is 0 Å². The SMILES string of the molecule is Cn1c(C=CCO)ccc1Cc1ncc[nH]1. The molecular weight excluding hydrogens is 202 g/mol. The zero-order chi connectivity index (χ0) is 11.4. The van der Waals surface area contributed by atoms with Gasteiger partial charge in [-0.05, 0) is 18.2 Å². The molecule has 2 rings (SSSR count). The molecule has 0 aromatic carbocycles. The minimum Gasteiger partial charge on any atom is -0.392 e. The van der Waals surface area contributed by atoms with Crippen molar-refractivity contribution in [3.63, 3.8) is 0 Å². The molecule has 2 N–H and O–H groups in total. The molecule has 0 aliphatic heterocycles. The van der Waals surface area contributed by atoms with Crippen LogP contribution in [0.1, 0.15) is 17.2 Å². The van der Waals surface area contributed by atoms with E-state index in [0.29, 0.717) is 0 Å². The number of nitrogens with one attached hydrogen (secondary N) is 1. The van der Waals surface area contributed by atoms with Gasteiger partial charge in [-0.15, -0.1) is 0 Å². The van der Waals surface area contributed by atoms with Gasteiger partial charge in [-0.3, -0.25) is 0 Å². The van der Waals surface area contributed by atoms with E-state index in [2.05, 4.69) is 20.6 Å². The van der Waals surface area contributed by atoms with Gasteiger partial charge in [0.1, 0.15) is 5.82 Å². The molecular formula is C12H15N3O. The zero-order valence-corrected chi connectivity index (χ0v) is 9.22. The van der Waals surface area contributed by atoms with Gasteiger partial charge in [0.2, 0.25) is 0 Å². The fourth-order valence-electron chi connectivity index (χ4n) is 1.66. The van der Waals surface area contributed by atoms with Gasteiger partial charge in [-0.1, -0.05) is 6.08 Å². The normalized spacial score (nSPS) is 11.4. The maximum Gasteiger partial charge on any atom is 0.111 e. The van der Waals surface area contributed by atoms with Crippen molar-refractivity contribution in [1.82, 2.24) is 14.5 Å². The Morgan fingerprint density at radius 3 is 3.06 bits per heavy atom.